The van der Waals surface area contributed by atoms with E-state index in [1.54, 1.807) is 44.2 Å². The predicted octanol–water partition coefficient (Wildman–Crippen LogP) is 2.51. The Kier molecular flexibility index (Phi) is 4.94. The van der Waals surface area contributed by atoms with Crippen molar-refractivity contribution in [2.45, 2.75) is 20.0 Å². The lowest BCUT2D eigenvalue weighted by molar-refractivity contribution is -0.122. The summed E-state index contributed by atoms with van der Waals surface area (Å²) < 4.78 is 16.1. The number of carbonyl (C=O) groups is 2. The average molecular weight is 397 g/mol. The van der Waals surface area contributed by atoms with Gasteiger partial charge in [0, 0.05) is 11.3 Å². The summed E-state index contributed by atoms with van der Waals surface area (Å²) in [6, 6.07) is 10.4. The van der Waals surface area contributed by atoms with Crippen molar-refractivity contribution in [3.8, 4) is 17.2 Å². The number of amides is 2. The molecule has 0 saturated carbocycles. The SMILES string of the molecule is C/C(=N/OCC(=O)Nc1ccc2c(c1)NC(=O)[C@H](C)O2)c1ccc2c(c1)OCO2. The van der Waals surface area contributed by atoms with Gasteiger partial charge in [-0.2, -0.15) is 0 Å². The lowest BCUT2D eigenvalue weighted by atomic mass is 10.1. The Labute approximate surface area is 166 Å². The highest BCUT2D eigenvalue weighted by molar-refractivity contribution is 6.00. The third kappa shape index (κ3) is 4.08. The Hall–Kier alpha value is -3.75. The molecule has 2 N–H and O–H groups in total. The van der Waals surface area contributed by atoms with Crippen molar-refractivity contribution in [2.75, 3.05) is 24.0 Å². The van der Waals surface area contributed by atoms with Gasteiger partial charge in [0.25, 0.3) is 11.8 Å². The molecule has 0 aliphatic carbocycles. The molecule has 0 unspecified atom stereocenters. The van der Waals surface area contributed by atoms with Crippen LogP contribution < -0.4 is 24.8 Å². The summed E-state index contributed by atoms with van der Waals surface area (Å²) in [6.45, 7) is 3.36. The first-order chi connectivity index (χ1) is 14.0. The minimum absolute atomic E-state index is 0.198. The summed E-state index contributed by atoms with van der Waals surface area (Å²) in [5, 5.41) is 9.39. The van der Waals surface area contributed by atoms with E-state index in [9.17, 15) is 9.59 Å². The molecule has 0 bridgehead atoms. The van der Waals surface area contributed by atoms with Crippen molar-refractivity contribution in [3.63, 3.8) is 0 Å². The summed E-state index contributed by atoms with van der Waals surface area (Å²) in [6.07, 6.45) is -0.554. The molecule has 9 nitrogen and oxygen atoms in total. The minimum Gasteiger partial charge on any atom is -0.479 e. The summed E-state index contributed by atoms with van der Waals surface area (Å²) in [4.78, 5) is 29.0. The smallest absolute Gasteiger partial charge is 0.265 e. The first-order valence-electron chi connectivity index (χ1n) is 8.97. The van der Waals surface area contributed by atoms with Crippen LogP contribution in [0, 0.1) is 0 Å². The number of oxime groups is 1. The zero-order valence-corrected chi connectivity index (χ0v) is 15.9. The topological polar surface area (TPSA) is 107 Å². The number of nitrogens with zero attached hydrogens (tertiary/aromatic N) is 1. The molecular formula is C20H19N3O6. The predicted molar refractivity (Wildman–Crippen MR) is 105 cm³/mol. The van der Waals surface area contributed by atoms with Crippen molar-refractivity contribution >= 4 is 28.9 Å². The molecular weight excluding hydrogens is 378 g/mol. The second kappa shape index (κ2) is 7.70. The fourth-order valence-corrected chi connectivity index (χ4v) is 2.85. The second-order valence-corrected chi connectivity index (χ2v) is 6.53. The van der Waals surface area contributed by atoms with Crippen molar-refractivity contribution in [1.29, 1.82) is 0 Å². The molecule has 0 aromatic heterocycles. The first kappa shape index (κ1) is 18.6. The molecule has 2 heterocycles. The van der Waals surface area contributed by atoms with Gasteiger partial charge in [-0.05, 0) is 50.2 Å². The van der Waals surface area contributed by atoms with Crippen molar-refractivity contribution in [2.24, 2.45) is 5.16 Å². The van der Waals surface area contributed by atoms with Crippen LogP contribution in [-0.2, 0) is 14.4 Å². The Morgan fingerprint density at radius 2 is 2.00 bits per heavy atom. The van der Waals surface area contributed by atoms with Gasteiger partial charge < -0.3 is 29.7 Å². The Balaban J connectivity index is 1.33. The Morgan fingerprint density at radius 1 is 1.21 bits per heavy atom. The molecule has 9 heteroatoms. The molecule has 4 rings (SSSR count). The summed E-state index contributed by atoms with van der Waals surface area (Å²) in [5.74, 6) is 1.26. The number of fused-ring (bicyclic) bond motifs is 2. The third-order valence-electron chi connectivity index (χ3n) is 4.38. The molecule has 2 aromatic carbocycles. The number of hydrogen-bond acceptors (Lipinski definition) is 7. The number of carbonyl (C=O) groups excluding carboxylic acids is 2. The van der Waals surface area contributed by atoms with Gasteiger partial charge in [0.1, 0.15) is 5.75 Å². The normalized spacial score (nSPS) is 17.1. The van der Waals surface area contributed by atoms with Gasteiger partial charge >= 0.3 is 0 Å². The average Bonchev–Trinajstić information content (AvgIpc) is 3.17. The fourth-order valence-electron chi connectivity index (χ4n) is 2.85. The van der Waals surface area contributed by atoms with Crippen LogP contribution in [0.5, 0.6) is 17.2 Å². The number of ether oxygens (including phenoxy) is 3. The molecule has 2 aliphatic rings. The molecule has 29 heavy (non-hydrogen) atoms. The maximum atomic E-state index is 12.1. The van der Waals surface area contributed by atoms with Gasteiger partial charge in [-0.25, -0.2) is 0 Å². The number of anilines is 2. The lowest BCUT2D eigenvalue weighted by Gasteiger charge is -2.23. The van der Waals surface area contributed by atoms with E-state index >= 15 is 0 Å². The van der Waals surface area contributed by atoms with E-state index in [0.717, 1.165) is 5.56 Å². The van der Waals surface area contributed by atoms with Gasteiger partial charge in [-0.1, -0.05) is 5.16 Å². The van der Waals surface area contributed by atoms with Crippen molar-refractivity contribution < 1.29 is 28.6 Å². The number of nitrogens with one attached hydrogen (secondary N) is 2. The standard InChI is InChI=1S/C20H19N3O6/c1-11(13-3-5-17-18(7-13)27-10-26-17)23-28-9-19(24)21-14-4-6-16-15(8-14)22-20(25)12(2)29-16/h3-8,12H,9-10H2,1-2H3,(H,21,24)(H,22,25)/b23-11-/t12-/m0/s1. The van der Waals surface area contributed by atoms with Crippen LogP contribution in [0.25, 0.3) is 0 Å². The highest BCUT2D eigenvalue weighted by Gasteiger charge is 2.23. The van der Waals surface area contributed by atoms with E-state index in [-0.39, 0.29) is 25.2 Å². The van der Waals surface area contributed by atoms with Crippen LogP contribution in [-0.4, -0.2) is 37.0 Å². The van der Waals surface area contributed by atoms with Crippen LogP contribution in [0.2, 0.25) is 0 Å². The zero-order chi connectivity index (χ0) is 20.4. The van der Waals surface area contributed by atoms with E-state index in [2.05, 4.69) is 15.8 Å². The molecule has 150 valence electrons. The molecule has 0 fully saturated rings. The lowest BCUT2D eigenvalue weighted by Crippen LogP contribution is -2.34. The van der Waals surface area contributed by atoms with Crippen LogP contribution in [0.1, 0.15) is 19.4 Å². The van der Waals surface area contributed by atoms with Crippen molar-refractivity contribution in [3.05, 3.63) is 42.0 Å². The maximum Gasteiger partial charge on any atom is 0.265 e. The quantitative estimate of drug-likeness (QED) is 0.593. The number of rotatable bonds is 5. The van der Waals surface area contributed by atoms with Gasteiger partial charge in [0.2, 0.25) is 6.79 Å². The molecule has 2 amide bonds. The summed E-state index contributed by atoms with van der Waals surface area (Å²) in [7, 11) is 0. The van der Waals surface area contributed by atoms with Crippen LogP contribution in [0.3, 0.4) is 0 Å². The first-order valence-corrected chi connectivity index (χ1v) is 8.97. The zero-order valence-electron chi connectivity index (χ0n) is 15.9. The van der Waals surface area contributed by atoms with Crippen LogP contribution >= 0.6 is 0 Å². The summed E-state index contributed by atoms with van der Waals surface area (Å²) >= 11 is 0. The van der Waals surface area contributed by atoms with Gasteiger partial charge in [0.05, 0.1) is 11.4 Å². The van der Waals surface area contributed by atoms with Crippen molar-refractivity contribution in [1.82, 2.24) is 0 Å². The number of benzene rings is 2. The molecule has 2 aliphatic heterocycles. The van der Waals surface area contributed by atoms with E-state index in [1.807, 2.05) is 6.07 Å². The van der Waals surface area contributed by atoms with Gasteiger partial charge in [-0.3, -0.25) is 9.59 Å². The molecule has 0 spiro atoms. The largest absolute Gasteiger partial charge is 0.479 e. The Bertz CT molecular complexity index is 1000. The highest BCUT2D eigenvalue weighted by Crippen LogP contribution is 2.33. The van der Waals surface area contributed by atoms with Gasteiger partial charge in [-0.15, -0.1) is 0 Å². The maximum absolute atomic E-state index is 12.1. The number of hydrogen-bond donors (Lipinski definition) is 2. The van der Waals surface area contributed by atoms with Crippen LogP contribution in [0.4, 0.5) is 11.4 Å². The molecule has 0 saturated heterocycles. The molecule has 0 radical (unpaired) electrons. The van der Waals surface area contributed by atoms with Crippen LogP contribution in [0.15, 0.2) is 41.6 Å². The molecule has 1 atom stereocenters. The van der Waals surface area contributed by atoms with E-state index < -0.39 is 6.10 Å². The van der Waals surface area contributed by atoms with E-state index in [1.165, 1.54) is 0 Å². The highest BCUT2D eigenvalue weighted by atomic mass is 16.7. The van der Waals surface area contributed by atoms with E-state index in [0.29, 0.717) is 34.3 Å². The Morgan fingerprint density at radius 3 is 2.86 bits per heavy atom. The van der Waals surface area contributed by atoms with E-state index in [4.69, 9.17) is 19.0 Å². The third-order valence-corrected chi connectivity index (χ3v) is 4.38. The van der Waals surface area contributed by atoms with Gasteiger partial charge in [0.15, 0.2) is 24.2 Å². The monoisotopic (exact) mass is 397 g/mol. The molecule has 2 aromatic rings. The minimum atomic E-state index is -0.554. The fraction of sp³-hybridized carbons (Fsp3) is 0.250. The summed E-state index contributed by atoms with van der Waals surface area (Å²) in [5.41, 5.74) is 2.41. The second-order valence-electron chi connectivity index (χ2n) is 6.53.